The van der Waals surface area contributed by atoms with E-state index in [0.29, 0.717) is 18.7 Å². The van der Waals surface area contributed by atoms with Crippen LogP contribution < -0.4 is 5.32 Å². The van der Waals surface area contributed by atoms with Gasteiger partial charge in [-0.1, -0.05) is 30.3 Å². The topological polar surface area (TPSA) is 90.3 Å². The molecule has 2 fully saturated rings. The molecular weight excluding hydrogens is 366 g/mol. The molecule has 1 amide bonds. The van der Waals surface area contributed by atoms with Crippen molar-refractivity contribution in [1.82, 2.24) is 15.1 Å². The van der Waals surface area contributed by atoms with Crippen molar-refractivity contribution in [3.63, 3.8) is 0 Å². The molecule has 2 aliphatic rings. The zero-order valence-corrected chi connectivity index (χ0v) is 15.8. The second-order valence-electron chi connectivity index (χ2n) is 7.13. The fourth-order valence-corrected chi connectivity index (χ4v) is 5.37. The van der Waals surface area contributed by atoms with Gasteiger partial charge in [0.2, 0.25) is 0 Å². The molecule has 1 aromatic carbocycles. The zero-order chi connectivity index (χ0) is 18.9. The number of amides is 1. The average molecular weight is 389 g/mol. The number of benzene rings is 1. The molecular formula is C19H23N3O4S. The van der Waals surface area contributed by atoms with Crippen molar-refractivity contribution < 1.29 is 17.9 Å². The molecule has 2 aliphatic heterocycles. The number of carbonyl (C=O) groups is 1. The van der Waals surface area contributed by atoms with Crippen LogP contribution in [0.3, 0.4) is 0 Å². The van der Waals surface area contributed by atoms with Crippen molar-refractivity contribution in [2.75, 3.05) is 24.7 Å². The first kappa shape index (κ1) is 18.2. The Morgan fingerprint density at radius 1 is 1.26 bits per heavy atom. The number of nitrogens with zero attached hydrogens (tertiary/aromatic N) is 2. The first-order chi connectivity index (χ1) is 13.0. The SMILES string of the molecule is O=C(NCC1CCCO1)c1cc(-c2ccccc2)n(C2CCS(=O)(=O)C2)n1. The van der Waals surface area contributed by atoms with Gasteiger partial charge in [0.15, 0.2) is 15.5 Å². The molecule has 3 heterocycles. The van der Waals surface area contributed by atoms with Crippen LogP contribution in [0.2, 0.25) is 0 Å². The van der Waals surface area contributed by atoms with Gasteiger partial charge in [-0.15, -0.1) is 0 Å². The second kappa shape index (κ2) is 7.44. The lowest BCUT2D eigenvalue weighted by molar-refractivity contribution is 0.0853. The normalized spacial score (nSPS) is 24.1. The number of carbonyl (C=O) groups excluding carboxylic acids is 1. The van der Waals surface area contributed by atoms with Crippen LogP contribution in [0.4, 0.5) is 0 Å². The Labute approximate surface area is 158 Å². The van der Waals surface area contributed by atoms with Crippen molar-refractivity contribution in [2.45, 2.75) is 31.4 Å². The highest BCUT2D eigenvalue weighted by Crippen LogP contribution is 2.30. The standard InChI is InChI=1S/C19H23N3O4S/c23-19(20-12-16-7-4-9-26-16)17-11-18(14-5-2-1-3-6-14)22(21-17)15-8-10-27(24,25)13-15/h1-3,5-6,11,15-16H,4,7-10,12-13H2,(H,20,23). The molecule has 1 N–H and O–H groups in total. The summed E-state index contributed by atoms with van der Waals surface area (Å²) in [6, 6.07) is 11.1. The molecule has 0 bridgehead atoms. The third kappa shape index (κ3) is 4.06. The van der Waals surface area contributed by atoms with E-state index < -0.39 is 9.84 Å². The zero-order valence-electron chi connectivity index (χ0n) is 15.0. The summed E-state index contributed by atoms with van der Waals surface area (Å²) in [5, 5.41) is 7.36. The van der Waals surface area contributed by atoms with Crippen LogP contribution in [0, 0.1) is 0 Å². The summed E-state index contributed by atoms with van der Waals surface area (Å²) >= 11 is 0. The van der Waals surface area contributed by atoms with Gasteiger partial charge in [0.1, 0.15) is 0 Å². The molecule has 2 atom stereocenters. The lowest BCUT2D eigenvalue weighted by Gasteiger charge is -2.13. The minimum absolute atomic E-state index is 0.0598. The van der Waals surface area contributed by atoms with Crippen LogP contribution in [0.15, 0.2) is 36.4 Å². The van der Waals surface area contributed by atoms with E-state index in [0.717, 1.165) is 30.7 Å². The molecule has 27 heavy (non-hydrogen) atoms. The predicted molar refractivity (Wildman–Crippen MR) is 101 cm³/mol. The highest BCUT2D eigenvalue weighted by molar-refractivity contribution is 7.91. The minimum Gasteiger partial charge on any atom is -0.376 e. The molecule has 4 rings (SSSR count). The van der Waals surface area contributed by atoms with Gasteiger partial charge in [0, 0.05) is 13.2 Å². The number of sulfone groups is 1. The molecule has 8 heteroatoms. The Balaban J connectivity index is 1.60. The maximum absolute atomic E-state index is 12.6. The predicted octanol–water partition coefficient (Wildman–Crippen LogP) is 1.82. The Morgan fingerprint density at radius 3 is 2.74 bits per heavy atom. The van der Waals surface area contributed by atoms with Gasteiger partial charge in [0.05, 0.1) is 29.3 Å². The van der Waals surface area contributed by atoms with Crippen molar-refractivity contribution >= 4 is 15.7 Å². The fourth-order valence-electron chi connectivity index (χ4n) is 3.68. The molecule has 0 radical (unpaired) electrons. The van der Waals surface area contributed by atoms with Crippen molar-refractivity contribution in [3.8, 4) is 11.3 Å². The summed E-state index contributed by atoms with van der Waals surface area (Å²) in [5.74, 6) is -0.0417. The Hall–Kier alpha value is -2.19. The largest absolute Gasteiger partial charge is 0.376 e. The van der Waals surface area contributed by atoms with Gasteiger partial charge in [-0.05, 0) is 30.9 Å². The summed E-state index contributed by atoms with van der Waals surface area (Å²) in [4.78, 5) is 12.6. The summed E-state index contributed by atoms with van der Waals surface area (Å²) in [7, 11) is -3.05. The number of aromatic nitrogens is 2. The Morgan fingerprint density at radius 2 is 2.07 bits per heavy atom. The van der Waals surface area contributed by atoms with Gasteiger partial charge in [-0.2, -0.15) is 5.10 Å². The molecule has 0 saturated carbocycles. The maximum atomic E-state index is 12.6. The summed E-state index contributed by atoms with van der Waals surface area (Å²) in [5.41, 5.74) is 1.98. The highest BCUT2D eigenvalue weighted by atomic mass is 32.2. The van der Waals surface area contributed by atoms with E-state index in [1.54, 1.807) is 10.7 Å². The van der Waals surface area contributed by atoms with E-state index in [-0.39, 0.29) is 29.6 Å². The van der Waals surface area contributed by atoms with Crippen molar-refractivity contribution in [2.24, 2.45) is 0 Å². The third-order valence-corrected chi connectivity index (χ3v) is 6.86. The number of nitrogens with one attached hydrogen (secondary N) is 1. The highest BCUT2D eigenvalue weighted by Gasteiger charge is 2.32. The number of rotatable bonds is 5. The van der Waals surface area contributed by atoms with E-state index in [4.69, 9.17) is 4.74 Å². The molecule has 7 nitrogen and oxygen atoms in total. The Kier molecular flexibility index (Phi) is 5.01. The second-order valence-corrected chi connectivity index (χ2v) is 9.36. The maximum Gasteiger partial charge on any atom is 0.271 e. The molecule has 2 saturated heterocycles. The van der Waals surface area contributed by atoms with E-state index in [1.165, 1.54) is 0 Å². The summed E-state index contributed by atoms with van der Waals surface area (Å²) in [6.45, 7) is 1.20. The smallest absolute Gasteiger partial charge is 0.271 e. The monoisotopic (exact) mass is 389 g/mol. The van der Waals surface area contributed by atoms with Crippen LogP contribution in [-0.2, 0) is 14.6 Å². The molecule has 2 aromatic rings. The third-order valence-electron chi connectivity index (χ3n) is 5.11. The molecule has 1 aromatic heterocycles. The molecule has 0 spiro atoms. The molecule has 144 valence electrons. The number of hydrogen-bond acceptors (Lipinski definition) is 5. The number of ether oxygens (including phenoxy) is 1. The van der Waals surface area contributed by atoms with Gasteiger partial charge >= 0.3 is 0 Å². The summed E-state index contributed by atoms with van der Waals surface area (Å²) in [6.07, 6.45) is 2.54. The molecule has 2 unspecified atom stereocenters. The fraction of sp³-hybridized carbons (Fsp3) is 0.474. The lowest BCUT2D eigenvalue weighted by Crippen LogP contribution is -2.32. The lowest BCUT2D eigenvalue weighted by atomic mass is 10.1. The first-order valence-electron chi connectivity index (χ1n) is 9.27. The van der Waals surface area contributed by atoms with E-state index in [2.05, 4.69) is 10.4 Å². The van der Waals surface area contributed by atoms with Crippen molar-refractivity contribution in [1.29, 1.82) is 0 Å². The van der Waals surface area contributed by atoms with Crippen molar-refractivity contribution in [3.05, 3.63) is 42.1 Å². The van der Waals surface area contributed by atoms with Gasteiger partial charge in [-0.25, -0.2) is 8.42 Å². The van der Waals surface area contributed by atoms with Crippen LogP contribution in [-0.4, -0.2) is 54.9 Å². The van der Waals surface area contributed by atoms with Crippen LogP contribution in [0.1, 0.15) is 35.8 Å². The average Bonchev–Trinajstić information content (AvgIpc) is 3.39. The van der Waals surface area contributed by atoms with Crippen LogP contribution in [0.5, 0.6) is 0 Å². The minimum atomic E-state index is -3.05. The van der Waals surface area contributed by atoms with Crippen LogP contribution in [0.25, 0.3) is 11.3 Å². The van der Waals surface area contributed by atoms with E-state index in [1.807, 2.05) is 30.3 Å². The Bertz CT molecular complexity index is 918. The first-order valence-corrected chi connectivity index (χ1v) is 11.1. The number of hydrogen-bond donors (Lipinski definition) is 1. The van der Waals surface area contributed by atoms with E-state index >= 15 is 0 Å². The molecule has 0 aliphatic carbocycles. The summed E-state index contributed by atoms with van der Waals surface area (Å²) < 4.78 is 31.1. The van der Waals surface area contributed by atoms with Gasteiger partial charge in [-0.3, -0.25) is 9.48 Å². The van der Waals surface area contributed by atoms with E-state index in [9.17, 15) is 13.2 Å². The van der Waals surface area contributed by atoms with Gasteiger partial charge in [0.25, 0.3) is 5.91 Å². The van der Waals surface area contributed by atoms with Gasteiger partial charge < -0.3 is 10.1 Å². The van der Waals surface area contributed by atoms with Crippen LogP contribution >= 0.6 is 0 Å². The quantitative estimate of drug-likeness (QED) is 0.842.